The molecule has 0 fully saturated rings. The van der Waals surface area contributed by atoms with Gasteiger partial charge in [0, 0.05) is 11.8 Å². The van der Waals surface area contributed by atoms with Crippen molar-refractivity contribution < 1.29 is 17.9 Å². The number of nitrogens with zero attached hydrogens (tertiary/aromatic N) is 2. The third-order valence-corrected chi connectivity index (χ3v) is 5.54. The molecule has 154 valence electrons. The Morgan fingerprint density at radius 2 is 2.10 bits per heavy atom. The summed E-state index contributed by atoms with van der Waals surface area (Å²) in [7, 11) is -3.86. The molecule has 0 bridgehead atoms. The molecule has 4 N–H and O–H groups in total. The van der Waals surface area contributed by atoms with Crippen molar-refractivity contribution in [2.75, 3.05) is 17.6 Å². The van der Waals surface area contributed by atoms with E-state index >= 15 is 0 Å². The predicted molar refractivity (Wildman–Crippen MR) is 113 cm³/mol. The van der Waals surface area contributed by atoms with E-state index in [1.165, 1.54) is 11.8 Å². The summed E-state index contributed by atoms with van der Waals surface area (Å²) < 4.78 is 35.0. The van der Waals surface area contributed by atoms with Crippen LogP contribution in [0.3, 0.4) is 0 Å². The van der Waals surface area contributed by atoms with Gasteiger partial charge in [0.1, 0.15) is 12.4 Å². The maximum absolute atomic E-state index is 12.6. The summed E-state index contributed by atoms with van der Waals surface area (Å²) in [5.74, 6) is -0.0418. The van der Waals surface area contributed by atoms with Crippen LogP contribution in [0.5, 0.6) is 5.75 Å². The molecule has 0 atom stereocenters. The molecule has 1 aromatic heterocycles. The Labute approximate surface area is 173 Å². The van der Waals surface area contributed by atoms with E-state index in [-0.39, 0.29) is 18.3 Å². The molecule has 1 aromatic carbocycles. The zero-order chi connectivity index (χ0) is 21.2. The molecule has 1 amide bonds. The number of hydrogen-bond acceptors (Lipinski definition) is 7. The van der Waals surface area contributed by atoms with E-state index in [1.807, 2.05) is 20.1 Å². The van der Waals surface area contributed by atoms with E-state index in [2.05, 4.69) is 19.4 Å². The first kappa shape index (κ1) is 20.9. The van der Waals surface area contributed by atoms with Crippen LogP contribution in [0.4, 0.5) is 5.69 Å². The van der Waals surface area contributed by atoms with Crippen molar-refractivity contribution in [2.45, 2.75) is 24.4 Å². The molecule has 3 rings (SSSR count). The lowest BCUT2D eigenvalue weighted by molar-refractivity contribution is 0.0880. The zero-order valence-corrected chi connectivity index (χ0v) is 17.7. The average Bonchev–Trinajstić information content (AvgIpc) is 2.64. The number of ether oxygens (including phenoxy) is 1. The number of thioether (sulfide) groups is 1. The van der Waals surface area contributed by atoms with Crippen LogP contribution >= 0.6 is 11.8 Å². The van der Waals surface area contributed by atoms with Gasteiger partial charge in [-0.3, -0.25) is 9.52 Å². The van der Waals surface area contributed by atoms with Crippen LogP contribution in [0.2, 0.25) is 0 Å². The Bertz CT molecular complexity index is 1080. The normalized spacial score (nSPS) is 14.9. The van der Waals surface area contributed by atoms with E-state index < -0.39 is 15.7 Å². The molecule has 29 heavy (non-hydrogen) atoms. The van der Waals surface area contributed by atoms with Crippen molar-refractivity contribution in [1.29, 1.82) is 0 Å². The Balaban J connectivity index is 1.73. The van der Waals surface area contributed by atoms with Gasteiger partial charge < -0.3 is 15.8 Å². The largest absolute Gasteiger partial charge is 0.490 e. The van der Waals surface area contributed by atoms with Crippen molar-refractivity contribution in [1.82, 2.24) is 10.3 Å². The van der Waals surface area contributed by atoms with E-state index in [0.717, 1.165) is 5.03 Å². The van der Waals surface area contributed by atoms with Crippen molar-refractivity contribution in [3.8, 4) is 5.75 Å². The van der Waals surface area contributed by atoms with Crippen LogP contribution in [0, 0.1) is 0 Å². The number of aromatic nitrogens is 1. The van der Waals surface area contributed by atoms with Crippen molar-refractivity contribution in [2.24, 2.45) is 10.1 Å². The number of amides is 1. The molecule has 0 aliphatic carbocycles. The highest BCUT2D eigenvalue weighted by atomic mass is 32.2. The first-order valence-corrected chi connectivity index (χ1v) is 11.2. The molecular weight excluding hydrogens is 414 g/mol. The molecule has 11 heteroatoms. The second-order valence-electron chi connectivity index (χ2n) is 6.95. The predicted octanol–water partition coefficient (Wildman–Crippen LogP) is 1.77. The SMILES string of the molecule is CSc1cc(C(=O)NC(C)(C)COc2cccc3c2C(N)=NS(=O)(=O)N3)ccn1. The van der Waals surface area contributed by atoms with Crippen LogP contribution in [0.25, 0.3) is 0 Å². The monoisotopic (exact) mass is 435 g/mol. The van der Waals surface area contributed by atoms with E-state index in [9.17, 15) is 13.2 Å². The summed E-state index contributed by atoms with van der Waals surface area (Å²) in [5, 5.41) is 3.67. The molecule has 0 spiro atoms. The second-order valence-corrected chi connectivity index (χ2v) is 9.11. The molecule has 0 unspecified atom stereocenters. The topological polar surface area (TPSA) is 136 Å². The van der Waals surface area contributed by atoms with Crippen LogP contribution < -0.4 is 20.5 Å². The Hall–Kier alpha value is -2.79. The number of hydrogen-bond donors (Lipinski definition) is 3. The molecule has 1 aliphatic heterocycles. The smallest absolute Gasteiger partial charge is 0.344 e. The molecule has 0 saturated carbocycles. The highest BCUT2D eigenvalue weighted by Gasteiger charge is 2.27. The van der Waals surface area contributed by atoms with Gasteiger partial charge in [0.05, 0.1) is 21.8 Å². The summed E-state index contributed by atoms with van der Waals surface area (Å²) in [6.45, 7) is 3.75. The first-order valence-electron chi connectivity index (χ1n) is 8.57. The quantitative estimate of drug-likeness (QED) is 0.588. The third kappa shape index (κ3) is 4.98. The second kappa shape index (κ2) is 7.91. The average molecular weight is 436 g/mol. The molecule has 0 radical (unpaired) electrons. The molecule has 0 saturated heterocycles. The van der Waals surface area contributed by atoms with Gasteiger partial charge in [0.25, 0.3) is 5.91 Å². The van der Waals surface area contributed by atoms with Crippen LogP contribution in [0.15, 0.2) is 46.0 Å². The Kier molecular flexibility index (Phi) is 5.71. The lowest BCUT2D eigenvalue weighted by Gasteiger charge is -2.27. The van der Waals surface area contributed by atoms with Crippen LogP contribution in [-0.2, 0) is 10.2 Å². The minimum Gasteiger partial charge on any atom is -0.490 e. The van der Waals surface area contributed by atoms with Crippen molar-refractivity contribution in [3.63, 3.8) is 0 Å². The maximum atomic E-state index is 12.6. The number of amidine groups is 1. The van der Waals surface area contributed by atoms with Crippen molar-refractivity contribution >= 4 is 39.4 Å². The van der Waals surface area contributed by atoms with Gasteiger partial charge in [0.2, 0.25) is 0 Å². The van der Waals surface area contributed by atoms with Gasteiger partial charge >= 0.3 is 10.2 Å². The zero-order valence-electron chi connectivity index (χ0n) is 16.1. The number of benzene rings is 1. The fourth-order valence-electron chi connectivity index (χ4n) is 2.67. The highest BCUT2D eigenvalue weighted by Crippen LogP contribution is 2.30. The number of rotatable bonds is 6. The fourth-order valence-corrected chi connectivity index (χ4v) is 3.93. The fraction of sp³-hybridized carbons (Fsp3) is 0.278. The lowest BCUT2D eigenvalue weighted by Crippen LogP contribution is -2.48. The summed E-state index contributed by atoms with van der Waals surface area (Å²) in [6, 6.07) is 8.23. The van der Waals surface area contributed by atoms with E-state index in [4.69, 9.17) is 10.5 Å². The molecule has 1 aliphatic rings. The van der Waals surface area contributed by atoms with E-state index in [1.54, 1.807) is 36.5 Å². The van der Waals surface area contributed by atoms with E-state index in [0.29, 0.717) is 22.6 Å². The van der Waals surface area contributed by atoms with Gasteiger partial charge in [-0.1, -0.05) is 6.07 Å². The summed E-state index contributed by atoms with van der Waals surface area (Å²) in [4.78, 5) is 16.7. The Morgan fingerprint density at radius 3 is 2.83 bits per heavy atom. The molecule has 2 heterocycles. The number of nitrogens with one attached hydrogen (secondary N) is 2. The number of carbonyl (C=O) groups excluding carboxylic acids is 1. The number of nitrogens with two attached hydrogens (primary N) is 1. The minimum atomic E-state index is -3.86. The van der Waals surface area contributed by atoms with Gasteiger partial charge in [-0.05, 0) is 44.4 Å². The number of fused-ring (bicyclic) bond motifs is 1. The standard InChI is InChI=1S/C18H21N5O4S2/c1-18(2,21-17(24)11-7-8-20-14(9-11)28-3)10-27-13-6-4-5-12-15(13)16(19)23-29(25,26)22-12/h4-9,22H,10H2,1-3H3,(H2,19,23)(H,21,24). The number of pyridine rings is 1. The maximum Gasteiger partial charge on any atom is 0.344 e. The first-order chi connectivity index (χ1) is 13.6. The minimum absolute atomic E-state index is 0.121. The molecular formula is C18H21N5O4S2. The summed E-state index contributed by atoms with van der Waals surface area (Å²) in [6.07, 6.45) is 3.47. The number of carbonyl (C=O) groups is 1. The molecule has 9 nitrogen and oxygen atoms in total. The summed E-state index contributed by atoms with van der Waals surface area (Å²) >= 11 is 1.45. The Morgan fingerprint density at radius 1 is 1.34 bits per heavy atom. The van der Waals surface area contributed by atoms with Crippen LogP contribution in [-0.4, -0.2) is 43.5 Å². The van der Waals surface area contributed by atoms with Gasteiger partial charge in [0.15, 0.2) is 5.84 Å². The van der Waals surface area contributed by atoms with Gasteiger partial charge in [-0.25, -0.2) is 4.98 Å². The lowest BCUT2D eigenvalue weighted by atomic mass is 10.1. The third-order valence-electron chi connectivity index (χ3n) is 3.99. The summed E-state index contributed by atoms with van der Waals surface area (Å²) in [5.41, 5.74) is 6.25. The van der Waals surface area contributed by atoms with Gasteiger partial charge in [-0.15, -0.1) is 16.2 Å². The highest BCUT2D eigenvalue weighted by molar-refractivity contribution is 7.98. The van der Waals surface area contributed by atoms with Gasteiger partial charge in [-0.2, -0.15) is 8.42 Å². The van der Waals surface area contributed by atoms with Crippen LogP contribution in [0.1, 0.15) is 29.8 Å². The number of anilines is 1. The molecule has 2 aromatic rings. The van der Waals surface area contributed by atoms with Crippen molar-refractivity contribution in [3.05, 3.63) is 47.7 Å².